The molecule has 0 saturated carbocycles. The maximum absolute atomic E-state index is 13.0. The fourth-order valence-corrected chi connectivity index (χ4v) is 4.45. The maximum atomic E-state index is 13.0. The van der Waals surface area contributed by atoms with Gasteiger partial charge in [-0.05, 0) is 43.9 Å². The summed E-state index contributed by atoms with van der Waals surface area (Å²) in [5.74, 6) is 0.226. The van der Waals surface area contributed by atoms with Crippen LogP contribution in [0.4, 0.5) is 5.69 Å². The number of sulfonamides is 1. The molecule has 0 unspecified atom stereocenters. The molecule has 0 spiro atoms. The second kappa shape index (κ2) is 10.3. The molecule has 0 radical (unpaired) electrons. The van der Waals surface area contributed by atoms with Gasteiger partial charge in [-0.3, -0.25) is 9.10 Å². The number of nitrogens with zero attached hydrogens (tertiary/aromatic N) is 1. The number of aryl methyl sites for hydroxylation is 1. The van der Waals surface area contributed by atoms with Gasteiger partial charge in [-0.2, -0.15) is 0 Å². The first-order valence-corrected chi connectivity index (χ1v) is 11.6. The smallest absolute Gasteiger partial charge is 0.244 e. The van der Waals surface area contributed by atoms with Crippen molar-refractivity contribution in [3.63, 3.8) is 0 Å². The molecule has 1 amide bonds. The number of methoxy groups -OCH3 is 1. The maximum Gasteiger partial charge on any atom is 0.244 e. The molecule has 1 N–H and O–H groups in total. The zero-order valence-electron chi connectivity index (χ0n) is 17.5. The fourth-order valence-electron chi connectivity index (χ4n) is 3.25. The van der Waals surface area contributed by atoms with E-state index in [0.717, 1.165) is 19.1 Å². The third-order valence-corrected chi connectivity index (χ3v) is 5.91. The van der Waals surface area contributed by atoms with Gasteiger partial charge >= 0.3 is 0 Å². The standard InChI is InChI=1S/C22H30N2O4S/c1-5-21(22(25)23-17(2)14-15-18-10-7-6-8-11-18)24(29(4,26)27)19-12-9-13-20(16-19)28-3/h6-13,16-17,21H,5,14-15H2,1-4H3,(H,23,25)/t17-,21+/m1/s1. The Morgan fingerprint density at radius 2 is 1.83 bits per heavy atom. The number of anilines is 1. The Kier molecular flexibility index (Phi) is 8.08. The molecule has 0 heterocycles. The van der Waals surface area contributed by atoms with Crippen molar-refractivity contribution in [2.75, 3.05) is 17.7 Å². The molecule has 0 saturated heterocycles. The van der Waals surface area contributed by atoms with E-state index >= 15 is 0 Å². The van der Waals surface area contributed by atoms with E-state index in [0.29, 0.717) is 17.9 Å². The first kappa shape index (κ1) is 22.7. The number of hydrogen-bond donors (Lipinski definition) is 1. The molecule has 7 heteroatoms. The van der Waals surface area contributed by atoms with Gasteiger partial charge in [0.15, 0.2) is 0 Å². The van der Waals surface area contributed by atoms with Crippen molar-refractivity contribution in [2.45, 2.75) is 45.2 Å². The Morgan fingerprint density at radius 3 is 2.41 bits per heavy atom. The highest BCUT2D eigenvalue weighted by Gasteiger charge is 2.32. The van der Waals surface area contributed by atoms with E-state index in [-0.39, 0.29) is 11.9 Å². The molecular weight excluding hydrogens is 388 g/mol. The Bertz CT molecular complexity index is 900. The highest BCUT2D eigenvalue weighted by atomic mass is 32.2. The van der Waals surface area contributed by atoms with E-state index in [1.807, 2.05) is 25.1 Å². The van der Waals surface area contributed by atoms with Crippen molar-refractivity contribution in [3.8, 4) is 5.75 Å². The zero-order chi connectivity index (χ0) is 21.4. The van der Waals surface area contributed by atoms with Gasteiger partial charge in [0.2, 0.25) is 15.9 Å². The lowest BCUT2D eigenvalue weighted by Gasteiger charge is -2.31. The Morgan fingerprint density at radius 1 is 1.14 bits per heavy atom. The number of hydrogen-bond acceptors (Lipinski definition) is 4. The topological polar surface area (TPSA) is 75.7 Å². The van der Waals surface area contributed by atoms with Gasteiger partial charge in [0.05, 0.1) is 19.1 Å². The van der Waals surface area contributed by atoms with E-state index in [4.69, 9.17) is 4.74 Å². The molecule has 29 heavy (non-hydrogen) atoms. The fraction of sp³-hybridized carbons (Fsp3) is 0.409. The van der Waals surface area contributed by atoms with Crippen molar-refractivity contribution in [1.29, 1.82) is 0 Å². The first-order chi connectivity index (χ1) is 13.8. The molecule has 0 bridgehead atoms. The predicted molar refractivity (Wildman–Crippen MR) is 117 cm³/mol. The summed E-state index contributed by atoms with van der Waals surface area (Å²) in [6.45, 7) is 3.74. The highest BCUT2D eigenvalue weighted by molar-refractivity contribution is 7.92. The van der Waals surface area contributed by atoms with Gasteiger partial charge in [-0.15, -0.1) is 0 Å². The van der Waals surface area contributed by atoms with Crippen LogP contribution in [-0.2, 0) is 21.2 Å². The SMILES string of the molecule is CC[C@@H](C(=O)N[C@H](C)CCc1ccccc1)N(c1cccc(OC)c1)S(C)(=O)=O. The zero-order valence-corrected chi connectivity index (χ0v) is 18.3. The predicted octanol–water partition coefficient (Wildman–Crippen LogP) is 3.38. The van der Waals surface area contributed by atoms with E-state index < -0.39 is 16.1 Å². The molecule has 6 nitrogen and oxygen atoms in total. The molecule has 2 atom stereocenters. The van der Waals surface area contributed by atoms with Crippen LogP contribution in [0.25, 0.3) is 0 Å². The number of ether oxygens (including phenoxy) is 1. The van der Waals surface area contributed by atoms with Crippen LogP contribution >= 0.6 is 0 Å². The van der Waals surface area contributed by atoms with Gasteiger partial charge in [0.25, 0.3) is 0 Å². The minimum atomic E-state index is -3.67. The third kappa shape index (κ3) is 6.49. The summed E-state index contributed by atoms with van der Waals surface area (Å²) in [5, 5.41) is 2.98. The lowest BCUT2D eigenvalue weighted by Crippen LogP contribution is -2.51. The molecule has 2 rings (SSSR count). The minimum Gasteiger partial charge on any atom is -0.497 e. The summed E-state index contributed by atoms with van der Waals surface area (Å²) in [5.41, 5.74) is 1.61. The summed E-state index contributed by atoms with van der Waals surface area (Å²) in [6.07, 6.45) is 3.07. The largest absolute Gasteiger partial charge is 0.497 e. The Hall–Kier alpha value is -2.54. The summed E-state index contributed by atoms with van der Waals surface area (Å²) in [7, 11) is -2.16. The van der Waals surface area contributed by atoms with Gasteiger partial charge in [0, 0.05) is 12.1 Å². The van der Waals surface area contributed by atoms with Crippen LogP contribution in [0.2, 0.25) is 0 Å². The van der Waals surface area contributed by atoms with Crippen LogP contribution in [0.15, 0.2) is 54.6 Å². The molecule has 0 aliphatic rings. The quantitative estimate of drug-likeness (QED) is 0.642. The number of carbonyl (C=O) groups is 1. The molecule has 2 aromatic carbocycles. The average Bonchev–Trinajstić information content (AvgIpc) is 2.70. The average molecular weight is 419 g/mol. The van der Waals surface area contributed by atoms with E-state index in [1.54, 1.807) is 31.2 Å². The number of nitrogens with one attached hydrogen (secondary N) is 1. The molecule has 0 aliphatic carbocycles. The van der Waals surface area contributed by atoms with E-state index in [9.17, 15) is 13.2 Å². The Labute approximate surface area is 173 Å². The normalized spacial score (nSPS) is 13.4. The second-order valence-corrected chi connectivity index (χ2v) is 8.98. The molecular formula is C22H30N2O4S. The molecule has 0 aromatic heterocycles. The van der Waals surface area contributed by atoms with Crippen molar-refractivity contribution < 1.29 is 17.9 Å². The van der Waals surface area contributed by atoms with Gasteiger partial charge in [0.1, 0.15) is 11.8 Å². The summed E-state index contributed by atoms with van der Waals surface area (Å²) in [6, 6.07) is 15.9. The number of rotatable bonds is 10. The summed E-state index contributed by atoms with van der Waals surface area (Å²) >= 11 is 0. The van der Waals surface area contributed by atoms with Crippen molar-refractivity contribution in [1.82, 2.24) is 5.32 Å². The van der Waals surface area contributed by atoms with Crippen molar-refractivity contribution >= 4 is 21.6 Å². The summed E-state index contributed by atoms with van der Waals surface area (Å²) < 4.78 is 31.5. The van der Waals surface area contributed by atoms with Crippen LogP contribution in [0.3, 0.4) is 0 Å². The van der Waals surface area contributed by atoms with Crippen LogP contribution in [0, 0.1) is 0 Å². The minimum absolute atomic E-state index is 0.0801. The van der Waals surface area contributed by atoms with Gasteiger partial charge in [-0.25, -0.2) is 8.42 Å². The van der Waals surface area contributed by atoms with Crippen LogP contribution in [0.5, 0.6) is 5.75 Å². The monoisotopic (exact) mass is 418 g/mol. The number of benzene rings is 2. The van der Waals surface area contributed by atoms with Crippen LogP contribution in [-0.4, -0.2) is 39.8 Å². The number of amides is 1. The third-order valence-electron chi connectivity index (χ3n) is 4.74. The highest BCUT2D eigenvalue weighted by Crippen LogP contribution is 2.26. The molecule has 158 valence electrons. The van der Waals surface area contributed by atoms with Gasteiger partial charge < -0.3 is 10.1 Å². The first-order valence-electron chi connectivity index (χ1n) is 9.74. The van der Waals surface area contributed by atoms with Crippen LogP contribution < -0.4 is 14.4 Å². The van der Waals surface area contributed by atoms with Gasteiger partial charge in [-0.1, -0.05) is 43.3 Å². The lowest BCUT2D eigenvalue weighted by atomic mass is 10.1. The molecule has 0 aliphatic heterocycles. The van der Waals surface area contributed by atoms with Crippen molar-refractivity contribution in [3.05, 3.63) is 60.2 Å². The second-order valence-electron chi connectivity index (χ2n) is 7.12. The Balaban J connectivity index is 2.15. The number of carbonyl (C=O) groups excluding carboxylic acids is 1. The molecule has 2 aromatic rings. The van der Waals surface area contributed by atoms with Crippen molar-refractivity contribution in [2.24, 2.45) is 0 Å². The van der Waals surface area contributed by atoms with E-state index in [2.05, 4.69) is 17.4 Å². The molecule has 0 fully saturated rings. The van der Waals surface area contributed by atoms with Crippen LogP contribution in [0.1, 0.15) is 32.3 Å². The summed E-state index contributed by atoms with van der Waals surface area (Å²) in [4.78, 5) is 13.0. The lowest BCUT2D eigenvalue weighted by molar-refractivity contribution is -0.122. The van der Waals surface area contributed by atoms with E-state index in [1.165, 1.54) is 17.0 Å².